The third kappa shape index (κ3) is 5.03. The number of hydrogen-bond acceptors (Lipinski definition) is 6. The molecule has 0 bridgehead atoms. The van der Waals surface area contributed by atoms with Crippen molar-refractivity contribution in [1.29, 1.82) is 0 Å². The number of anilines is 2. The zero-order chi connectivity index (χ0) is 19.2. The Bertz CT molecular complexity index is 814. The minimum atomic E-state index is -0.385. The zero-order valence-corrected chi connectivity index (χ0v) is 15.6. The van der Waals surface area contributed by atoms with Gasteiger partial charge in [0, 0.05) is 17.8 Å². The van der Waals surface area contributed by atoms with E-state index in [-0.39, 0.29) is 11.9 Å². The summed E-state index contributed by atoms with van der Waals surface area (Å²) < 4.78 is 4.95. The Kier molecular flexibility index (Phi) is 6.01. The predicted molar refractivity (Wildman–Crippen MR) is 103 cm³/mol. The average molecular weight is 368 g/mol. The van der Waals surface area contributed by atoms with Crippen LogP contribution in [0.1, 0.15) is 59.3 Å². The van der Waals surface area contributed by atoms with Crippen molar-refractivity contribution in [3.05, 3.63) is 47.4 Å². The summed E-state index contributed by atoms with van der Waals surface area (Å²) >= 11 is 0. The van der Waals surface area contributed by atoms with Crippen LogP contribution in [0.25, 0.3) is 0 Å². The summed E-state index contributed by atoms with van der Waals surface area (Å²) in [4.78, 5) is 32.9. The van der Waals surface area contributed by atoms with Crippen molar-refractivity contribution < 1.29 is 14.3 Å². The monoisotopic (exact) mass is 368 g/mol. The first kappa shape index (κ1) is 18.8. The maximum absolute atomic E-state index is 12.6. The van der Waals surface area contributed by atoms with Gasteiger partial charge in [0.2, 0.25) is 0 Å². The van der Waals surface area contributed by atoms with Gasteiger partial charge in [-0.3, -0.25) is 4.79 Å². The van der Waals surface area contributed by atoms with E-state index < -0.39 is 0 Å². The Morgan fingerprint density at radius 2 is 1.85 bits per heavy atom. The van der Waals surface area contributed by atoms with Crippen LogP contribution in [-0.2, 0) is 4.74 Å². The summed E-state index contributed by atoms with van der Waals surface area (Å²) in [6.45, 7) is 3.85. The summed E-state index contributed by atoms with van der Waals surface area (Å²) in [6, 6.07) is 8.64. The first-order valence-corrected chi connectivity index (χ1v) is 9.26. The lowest BCUT2D eigenvalue weighted by Gasteiger charge is -2.14. The van der Waals surface area contributed by atoms with Crippen molar-refractivity contribution in [2.75, 3.05) is 17.2 Å². The molecule has 1 heterocycles. The molecule has 0 radical (unpaired) electrons. The molecule has 2 aromatic rings. The lowest BCUT2D eigenvalue weighted by atomic mass is 10.2. The molecule has 142 valence electrons. The Labute approximate surface area is 158 Å². The molecular weight excluding hydrogens is 344 g/mol. The summed E-state index contributed by atoms with van der Waals surface area (Å²) in [5.74, 6) is 0.515. The molecule has 1 amide bonds. The minimum Gasteiger partial charge on any atom is -0.462 e. The first-order valence-electron chi connectivity index (χ1n) is 9.26. The molecule has 1 aromatic heterocycles. The molecule has 0 atom stereocenters. The van der Waals surface area contributed by atoms with Gasteiger partial charge >= 0.3 is 5.97 Å². The maximum atomic E-state index is 12.6. The van der Waals surface area contributed by atoms with Crippen LogP contribution in [0, 0.1) is 6.92 Å². The number of amides is 1. The van der Waals surface area contributed by atoms with Gasteiger partial charge in [-0.15, -0.1) is 0 Å². The van der Waals surface area contributed by atoms with Crippen molar-refractivity contribution in [1.82, 2.24) is 9.97 Å². The Morgan fingerprint density at radius 1 is 1.15 bits per heavy atom. The quantitative estimate of drug-likeness (QED) is 0.757. The highest BCUT2D eigenvalue weighted by Crippen LogP contribution is 2.22. The highest BCUT2D eigenvalue weighted by atomic mass is 16.5. The third-order valence-corrected chi connectivity index (χ3v) is 4.43. The molecule has 1 aromatic carbocycles. The van der Waals surface area contributed by atoms with Gasteiger partial charge in [0.05, 0.1) is 12.2 Å². The zero-order valence-electron chi connectivity index (χ0n) is 15.6. The maximum Gasteiger partial charge on any atom is 0.338 e. The van der Waals surface area contributed by atoms with E-state index in [9.17, 15) is 9.59 Å². The van der Waals surface area contributed by atoms with E-state index in [1.165, 1.54) is 12.8 Å². The second-order valence-electron chi connectivity index (χ2n) is 6.56. The van der Waals surface area contributed by atoms with E-state index in [1.54, 1.807) is 44.2 Å². The number of nitrogens with one attached hydrogen (secondary N) is 2. The molecular formula is C20H24N4O3. The lowest BCUT2D eigenvalue weighted by Crippen LogP contribution is -2.19. The van der Waals surface area contributed by atoms with E-state index in [0.29, 0.717) is 41.2 Å². The number of benzene rings is 1. The normalized spacial score (nSPS) is 14.0. The van der Waals surface area contributed by atoms with Crippen molar-refractivity contribution in [3.63, 3.8) is 0 Å². The SMILES string of the molecule is CCOC(=O)c1ccc(NC(=O)c2cc(NC3CCCC3)nc(C)n2)cc1. The number of aromatic nitrogens is 2. The first-order chi connectivity index (χ1) is 13.0. The molecule has 1 aliphatic carbocycles. The highest BCUT2D eigenvalue weighted by molar-refractivity contribution is 6.03. The second-order valence-corrected chi connectivity index (χ2v) is 6.56. The second kappa shape index (κ2) is 8.62. The van der Waals surface area contributed by atoms with Crippen molar-refractivity contribution in [2.24, 2.45) is 0 Å². The number of hydrogen-bond donors (Lipinski definition) is 2. The number of carbonyl (C=O) groups is 2. The largest absolute Gasteiger partial charge is 0.462 e. The summed E-state index contributed by atoms with van der Waals surface area (Å²) in [6.07, 6.45) is 4.68. The van der Waals surface area contributed by atoms with Crippen LogP contribution in [0.3, 0.4) is 0 Å². The van der Waals surface area contributed by atoms with Crippen molar-refractivity contribution in [3.8, 4) is 0 Å². The fourth-order valence-electron chi connectivity index (χ4n) is 3.14. The summed E-state index contributed by atoms with van der Waals surface area (Å²) in [5, 5.41) is 6.19. The van der Waals surface area contributed by atoms with E-state index in [4.69, 9.17) is 4.74 Å². The molecule has 7 heteroatoms. The third-order valence-electron chi connectivity index (χ3n) is 4.43. The van der Waals surface area contributed by atoms with Gasteiger partial charge in [-0.1, -0.05) is 12.8 Å². The molecule has 0 unspecified atom stereocenters. The Balaban J connectivity index is 1.68. The van der Waals surface area contributed by atoms with Crippen LogP contribution in [0.15, 0.2) is 30.3 Å². The molecule has 1 aliphatic rings. The van der Waals surface area contributed by atoms with Gasteiger partial charge < -0.3 is 15.4 Å². The fraction of sp³-hybridized carbons (Fsp3) is 0.400. The number of esters is 1. The van der Waals surface area contributed by atoms with E-state index in [1.807, 2.05) is 0 Å². The predicted octanol–water partition coefficient (Wildman–Crippen LogP) is 3.57. The van der Waals surface area contributed by atoms with Crippen LogP contribution < -0.4 is 10.6 Å². The van der Waals surface area contributed by atoms with E-state index >= 15 is 0 Å². The molecule has 0 saturated heterocycles. The van der Waals surface area contributed by atoms with Crippen LogP contribution in [0.2, 0.25) is 0 Å². The molecule has 27 heavy (non-hydrogen) atoms. The standard InChI is InChI=1S/C20H24N4O3/c1-3-27-20(26)14-8-10-16(11-9-14)24-19(25)17-12-18(22-13(2)21-17)23-15-6-4-5-7-15/h8-12,15H,3-7H2,1-2H3,(H,24,25)(H,21,22,23). The average Bonchev–Trinajstić information content (AvgIpc) is 3.15. The minimum absolute atomic E-state index is 0.303. The molecule has 2 N–H and O–H groups in total. The van der Waals surface area contributed by atoms with E-state index in [2.05, 4.69) is 20.6 Å². The summed E-state index contributed by atoms with van der Waals surface area (Å²) in [7, 11) is 0. The Hall–Kier alpha value is -2.96. The number of rotatable bonds is 6. The smallest absolute Gasteiger partial charge is 0.338 e. The van der Waals surface area contributed by atoms with Gasteiger partial charge in [-0.2, -0.15) is 0 Å². The van der Waals surface area contributed by atoms with E-state index in [0.717, 1.165) is 12.8 Å². The van der Waals surface area contributed by atoms with Crippen molar-refractivity contribution in [2.45, 2.75) is 45.6 Å². The number of aryl methyl sites for hydroxylation is 1. The molecule has 7 nitrogen and oxygen atoms in total. The fourth-order valence-corrected chi connectivity index (χ4v) is 3.14. The number of carbonyl (C=O) groups excluding carboxylic acids is 2. The number of ether oxygens (including phenoxy) is 1. The van der Waals surface area contributed by atoms with Crippen LogP contribution in [0.4, 0.5) is 11.5 Å². The lowest BCUT2D eigenvalue weighted by molar-refractivity contribution is 0.0526. The van der Waals surface area contributed by atoms with Gasteiger partial charge in [-0.25, -0.2) is 14.8 Å². The molecule has 1 saturated carbocycles. The van der Waals surface area contributed by atoms with Gasteiger partial charge in [0.25, 0.3) is 5.91 Å². The summed E-state index contributed by atoms with van der Waals surface area (Å²) in [5.41, 5.74) is 1.32. The van der Waals surface area contributed by atoms with Crippen molar-refractivity contribution >= 4 is 23.4 Å². The molecule has 3 rings (SSSR count). The highest BCUT2D eigenvalue weighted by Gasteiger charge is 2.17. The topological polar surface area (TPSA) is 93.2 Å². The van der Waals surface area contributed by atoms with Crippen LogP contribution in [0.5, 0.6) is 0 Å². The number of nitrogens with zero attached hydrogens (tertiary/aromatic N) is 2. The molecule has 0 aliphatic heterocycles. The van der Waals surface area contributed by atoms with Gasteiger partial charge in [0.1, 0.15) is 17.3 Å². The molecule has 1 fully saturated rings. The van der Waals surface area contributed by atoms with Crippen LogP contribution in [-0.4, -0.2) is 34.5 Å². The molecule has 0 spiro atoms. The Morgan fingerprint density at radius 3 is 2.52 bits per heavy atom. The van der Waals surface area contributed by atoms with Gasteiger partial charge in [-0.05, 0) is 51.0 Å². The van der Waals surface area contributed by atoms with Gasteiger partial charge in [0.15, 0.2) is 0 Å². The van der Waals surface area contributed by atoms with Crippen LogP contribution >= 0.6 is 0 Å².